The highest BCUT2D eigenvalue weighted by Gasteiger charge is 2.29. The Bertz CT molecular complexity index is 1540. The molecule has 38 heavy (non-hydrogen) atoms. The van der Waals surface area contributed by atoms with Crippen molar-refractivity contribution in [3.05, 3.63) is 109 Å². The Balaban J connectivity index is 1.74. The van der Waals surface area contributed by atoms with Gasteiger partial charge in [0.15, 0.2) is 5.43 Å². The van der Waals surface area contributed by atoms with E-state index in [1.54, 1.807) is 36.6 Å². The molecule has 1 aromatic carbocycles. The first-order valence-corrected chi connectivity index (χ1v) is 14.0. The fraction of sp³-hybridized carbons (Fsp3) is 0.323. The highest BCUT2D eigenvalue weighted by Crippen LogP contribution is 2.39. The standard InChI is InChI=1S/C31H30Cl3FN2O/c1-31(2,3)36-12-9-19(10-13-36)20-15-27(23-8-7-22(35)18-26(23)34)37-14-11-29(38)30(28(37)16-20)24-17-21(32)5-4-6-25(24)33/h4-8,11,14-19,24H,9-10,12-13H2,1-3H3. The first-order chi connectivity index (χ1) is 18.0. The van der Waals surface area contributed by atoms with E-state index in [4.69, 9.17) is 34.8 Å². The van der Waals surface area contributed by atoms with Gasteiger partial charge in [-0.3, -0.25) is 9.69 Å². The number of benzene rings is 1. The first-order valence-electron chi connectivity index (χ1n) is 12.8. The van der Waals surface area contributed by atoms with Gasteiger partial charge in [0, 0.05) is 44.9 Å². The molecule has 1 fully saturated rings. The molecular formula is C31H30Cl3FN2O. The molecule has 0 spiro atoms. The molecule has 0 N–H and O–H groups in total. The Morgan fingerprint density at radius 3 is 2.42 bits per heavy atom. The van der Waals surface area contributed by atoms with Crippen LogP contribution in [0, 0.1) is 5.82 Å². The van der Waals surface area contributed by atoms with E-state index < -0.39 is 11.7 Å². The number of rotatable bonds is 3. The summed E-state index contributed by atoms with van der Waals surface area (Å²) in [6, 6.07) is 10.2. The van der Waals surface area contributed by atoms with Crippen LogP contribution in [0.15, 0.2) is 81.8 Å². The second-order valence-corrected chi connectivity index (χ2v) is 12.3. The van der Waals surface area contributed by atoms with Crippen LogP contribution >= 0.6 is 34.8 Å². The van der Waals surface area contributed by atoms with Crippen molar-refractivity contribution >= 4 is 40.3 Å². The van der Waals surface area contributed by atoms with Crippen molar-refractivity contribution in [2.75, 3.05) is 13.1 Å². The largest absolute Gasteiger partial charge is 0.316 e. The summed E-state index contributed by atoms with van der Waals surface area (Å²) in [6.07, 6.45) is 10.9. The third-order valence-electron chi connectivity index (χ3n) is 7.61. The summed E-state index contributed by atoms with van der Waals surface area (Å²) >= 11 is 19.7. The quantitative estimate of drug-likeness (QED) is 0.314. The van der Waals surface area contributed by atoms with Gasteiger partial charge >= 0.3 is 0 Å². The zero-order valence-corrected chi connectivity index (χ0v) is 23.9. The minimum Gasteiger partial charge on any atom is -0.316 e. The van der Waals surface area contributed by atoms with Crippen molar-refractivity contribution < 1.29 is 4.39 Å². The van der Waals surface area contributed by atoms with Crippen LogP contribution < -0.4 is 5.43 Å². The summed E-state index contributed by atoms with van der Waals surface area (Å²) in [7, 11) is 0. The van der Waals surface area contributed by atoms with Gasteiger partial charge in [-0.05, 0) is 101 Å². The molecule has 0 amide bonds. The maximum atomic E-state index is 14.0. The Morgan fingerprint density at radius 2 is 1.74 bits per heavy atom. The number of likely N-dealkylation sites (tertiary alicyclic amines) is 1. The fourth-order valence-electron chi connectivity index (χ4n) is 5.54. The average Bonchev–Trinajstić information content (AvgIpc) is 3.03. The lowest BCUT2D eigenvalue weighted by Gasteiger charge is -2.41. The maximum absolute atomic E-state index is 14.0. The molecule has 3 nitrogen and oxygen atoms in total. The van der Waals surface area contributed by atoms with Gasteiger partial charge in [-0.25, -0.2) is 4.39 Å². The van der Waals surface area contributed by atoms with Crippen molar-refractivity contribution in [1.82, 2.24) is 9.30 Å². The van der Waals surface area contributed by atoms with Crippen LogP contribution in [0.4, 0.5) is 4.39 Å². The molecule has 3 heterocycles. The Kier molecular flexibility index (Phi) is 7.63. The third kappa shape index (κ3) is 5.37. The van der Waals surface area contributed by atoms with Crippen LogP contribution in [0.2, 0.25) is 5.02 Å². The van der Waals surface area contributed by atoms with E-state index in [9.17, 15) is 9.18 Å². The zero-order valence-electron chi connectivity index (χ0n) is 21.6. The molecule has 2 aliphatic rings. The molecule has 2 aromatic heterocycles. The summed E-state index contributed by atoms with van der Waals surface area (Å²) in [5.74, 6) is -0.595. The number of allylic oxidation sites excluding steroid dienone is 6. The maximum Gasteiger partial charge on any atom is 0.186 e. The molecule has 0 saturated carbocycles. The smallest absolute Gasteiger partial charge is 0.186 e. The average molecular weight is 572 g/mol. The second-order valence-electron chi connectivity index (χ2n) is 11.0. The lowest BCUT2D eigenvalue weighted by atomic mass is 9.86. The summed E-state index contributed by atoms with van der Waals surface area (Å²) in [4.78, 5) is 15.9. The molecule has 7 heteroatoms. The number of fused-ring (bicyclic) bond motifs is 1. The number of halogens is 4. The molecule has 1 atom stereocenters. The predicted octanol–water partition coefficient (Wildman–Crippen LogP) is 8.64. The molecule has 1 aliphatic carbocycles. The summed E-state index contributed by atoms with van der Waals surface area (Å²) < 4.78 is 15.9. The third-order valence-corrected chi connectivity index (χ3v) is 8.54. The van der Waals surface area contributed by atoms with Crippen molar-refractivity contribution in [2.45, 2.75) is 51.0 Å². The van der Waals surface area contributed by atoms with Crippen molar-refractivity contribution in [2.24, 2.45) is 0 Å². The summed E-state index contributed by atoms with van der Waals surface area (Å²) in [5.41, 5.74) is 3.89. The monoisotopic (exact) mass is 570 g/mol. The number of piperidine rings is 1. The highest BCUT2D eigenvalue weighted by molar-refractivity contribution is 6.33. The molecule has 3 aromatic rings. The number of aromatic nitrogens is 1. The van der Waals surface area contributed by atoms with Crippen LogP contribution in [0.1, 0.15) is 56.6 Å². The predicted molar refractivity (Wildman–Crippen MR) is 157 cm³/mol. The first kappa shape index (κ1) is 27.2. The number of nitrogens with zero attached hydrogens (tertiary/aromatic N) is 2. The number of hydrogen-bond acceptors (Lipinski definition) is 2. The van der Waals surface area contributed by atoms with Crippen LogP contribution in [0.25, 0.3) is 16.8 Å². The Morgan fingerprint density at radius 1 is 1.00 bits per heavy atom. The molecule has 1 unspecified atom stereocenters. The second kappa shape index (κ2) is 10.7. The molecule has 198 valence electrons. The van der Waals surface area contributed by atoms with Gasteiger partial charge in [-0.15, -0.1) is 0 Å². The molecule has 1 aliphatic heterocycles. The van der Waals surface area contributed by atoms with Gasteiger partial charge < -0.3 is 4.40 Å². The lowest BCUT2D eigenvalue weighted by molar-refractivity contribution is 0.102. The van der Waals surface area contributed by atoms with Crippen LogP contribution in [0.5, 0.6) is 0 Å². The summed E-state index contributed by atoms with van der Waals surface area (Å²) in [5, 5.41) is 1.33. The molecular weight excluding hydrogens is 542 g/mol. The van der Waals surface area contributed by atoms with Gasteiger partial charge in [0.25, 0.3) is 0 Å². The van der Waals surface area contributed by atoms with Gasteiger partial charge in [0.05, 0.1) is 16.2 Å². The number of hydrogen-bond donors (Lipinski definition) is 0. The van der Waals surface area contributed by atoms with Crippen molar-refractivity contribution in [3.8, 4) is 11.3 Å². The van der Waals surface area contributed by atoms with Gasteiger partial charge in [-0.2, -0.15) is 0 Å². The number of pyridine rings is 2. The minimum absolute atomic E-state index is 0.115. The summed E-state index contributed by atoms with van der Waals surface area (Å²) in [6.45, 7) is 8.71. The Labute approximate surface area is 237 Å². The molecule has 0 bridgehead atoms. The van der Waals surface area contributed by atoms with E-state index in [1.165, 1.54) is 18.2 Å². The van der Waals surface area contributed by atoms with E-state index in [1.807, 2.05) is 4.40 Å². The van der Waals surface area contributed by atoms with Crippen LogP contribution in [-0.2, 0) is 0 Å². The topological polar surface area (TPSA) is 24.7 Å². The van der Waals surface area contributed by atoms with Crippen LogP contribution in [-0.4, -0.2) is 27.9 Å². The van der Waals surface area contributed by atoms with E-state index in [-0.39, 0.29) is 11.0 Å². The zero-order chi connectivity index (χ0) is 27.2. The van der Waals surface area contributed by atoms with E-state index in [2.05, 4.69) is 37.8 Å². The lowest BCUT2D eigenvalue weighted by Crippen LogP contribution is -2.45. The normalized spacial score (nSPS) is 19.4. The van der Waals surface area contributed by atoms with Gasteiger partial charge in [-0.1, -0.05) is 47.0 Å². The molecule has 1 saturated heterocycles. The van der Waals surface area contributed by atoms with E-state index >= 15 is 0 Å². The van der Waals surface area contributed by atoms with Gasteiger partial charge in [0.2, 0.25) is 0 Å². The molecule has 5 rings (SSSR count). The Hall–Kier alpha value is -2.37. The fourth-order valence-corrected chi connectivity index (χ4v) is 6.25. The van der Waals surface area contributed by atoms with Crippen molar-refractivity contribution in [1.29, 1.82) is 0 Å². The van der Waals surface area contributed by atoms with E-state index in [0.29, 0.717) is 32.1 Å². The molecule has 0 radical (unpaired) electrons. The van der Waals surface area contributed by atoms with Crippen LogP contribution in [0.3, 0.4) is 0 Å². The highest BCUT2D eigenvalue weighted by atomic mass is 35.5. The van der Waals surface area contributed by atoms with E-state index in [0.717, 1.165) is 42.7 Å². The minimum atomic E-state index is -0.502. The van der Waals surface area contributed by atoms with Gasteiger partial charge in [0.1, 0.15) is 5.82 Å². The van der Waals surface area contributed by atoms with Crippen molar-refractivity contribution in [3.63, 3.8) is 0 Å². The SMILES string of the molecule is CC(C)(C)N1CCC(c2cc(-c3ccc(F)cc3Cl)n3ccc(=O)c(C4C=C(Cl)C=CC=C4Cl)c3c2)CC1.